The molecule has 25 heavy (non-hydrogen) atoms. The maximum atomic E-state index is 12.2. The Hall–Kier alpha value is -2.92. The van der Waals surface area contributed by atoms with E-state index >= 15 is 0 Å². The van der Waals surface area contributed by atoms with Crippen LogP contribution in [0.5, 0.6) is 0 Å². The van der Waals surface area contributed by atoms with Gasteiger partial charge in [0.1, 0.15) is 18.5 Å². The van der Waals surface area contributed by atoms with Crippen LogP contribution in [0.15, 0.2) is 66.9 Å². The van der Waals surface area contributed by atoms with Gasteiger partial charge in [-0.25, -0.2) is 14.8 Å². The Morgan fingerprint density at radius 2 is 1.72 bits per heavy atom. The minimum absolute atomic E-state index is 0.0929. The maximum Gasteiger partial charge on any atom is 0.416 e. The van der Waals surface area contributed by atoms with Crippen molar-refractivity contribution in [3.05, 3.63) is 77.7 Å². The lowest BCUT2D eigenvalue weighted by atomic mass is 10.0. The number of anilines is 1. The second kappa shape index (κ2) is 6.53. The summed E-state index contributed by atoms with van der Waals surface area (Å²) in [5.41, 5.74) is 3.23. The lowest BCUT2D eigenvalue weighted by Gasteiger charge is -2.20. The van der Waals surface area contributed by atoms with E-state index in [1.54, 1.807) is 6.07 Å². The van der Waals surface area contributed by atoms with E-state index in [9.17, 15) is 4.79 Å². The molecular weight excluding hydrogens is 338 g/mol. The highest BCUT2D eigenvalue weighted by Crippen LogP contribution is 2.33. The van der Waals surface area contributed by atoms with Crippen LogP contribution < -0.4 is 4.90 Å². The van der Waals surface area contributed by atoms with Gasteiger partial charge in [-0.3, -0.25) is 4.90 Å². The molecule has 5 nitrogen and oxygen atoms in total. The summed E-state index contributed by atoms with van der Waals surface area (Å²) in [5.74, 6) is 0.430. The molecule has 2 heterocycles. The maximum absolute atomic E-state index is 12.2. The number of benzene rings is 2. The van der Waals surface area contributed by atoms with Crippen molar-refractivity contribution in [3.8, 4) is 11.1 Å². The number of carbonyl (C=O) groups excluding carboxylic acids is 1. The zero-order valence-electron chi connectivity index (χ0n) is 13.2. The number of nitrogens with zero attached hydrogens (tertiary/aromatic N) is 3. The summed E-state index contributed by atoms with van der Waals surface area (Å²) in [6.45, 7) is 0.269. The zero-order valence-corrected chi connectivity index (χ0v) is 13.9. The van der Waals surface area contributed by atoms with Crippen LogP contribution in [0.1, 0.15) is 11.6 Å². The van der Waals surface area contributed by atoms with Crippen LogP contribution in [0.25, 0.3) is 11.1 Å². The molecule has 6 heteroatoms. The molecule has 0 aliphatic carbocycles. The number of amides is 1. The number of hydrogen-bond acceptors (Lipinski definition) is 4. The van der Waals surface area contributed by atoms with E-state index in [1.165, 1.54) is 11.1 Å². The van der Waals surface area contributed by atoms with Crippen molar-refractivity contribution >= 4 is 23.5 Å². The van der Waals surface area contributed by atoms with E-state index < -0.39 is 6.09 Å². The van der Waals surface area contributed by atoms with Crippen LogP contribution >= 0.6 is 11.6 Å². The topological polar surface area (TPSA) is 55.3 Å². The molecule has 1 amide bonds. The van der Waals surface area contributed by atoms with Gasteiger partial charge in [0.2, 0.25) is 5.28 Å². The van der Waals surface area contributed by atoms with Gasteiger partial charge in [-0.1, -0.05) is 54.6 Å². The zero-order chi connectivity index (χ0) is 17.2. The third-order valence-corrected chi connectivity index (χ3v) is 4.32. The van der Waals surface area contributed by atoms with Crippen molar-refractivity contribution < 1.29 is 9.53 Å². The van der Waals surface area contributed by atoms with Gasteiger partial charge in [0.05, 0.1) is 0 Å². The fraction of sp³-hybridized carbons (Fsp3) is 0.105. The first-order valence-electron chi connectivity index (χ1n) is 7.82. The molecule has 0 bridgehead atoms. The molecule has 1 aliphatic rings. The molecule has 0 unspecified atom stereocenters. The summed E-state index contributed by atoms with van der Waals surface area (Å²) in [7, 11) is 0. The summed E-state index contributed by atoms with van der Waals surface area (Å²) in [6, 6.07) is 19.6. The normalized spacial score (nSPS) is 16.8. The average Bonchev–Trinajstić information content (AvgIpc) is 3.04. The van der Waals surface area contributed by atoms with E-state index in [0.29, 0.717) is 5.82 Å². The van der Waals surface area contributed by atoms with Crippen molar-refractivity contribution in [3.63, 3.8) is 0 Å². The Balaban J connectivity index is 1.65. The molecule has 0 N–H and O–H groups in total. The van der Waals surface area contributed by atoms with E-state index in [0.717, 1.165) is 16.7 Å². The fourth-order valence-electron chi connectivity index (χ4n) is 2.91. The number of hydrogen-bond donors (Lipinski definition) is 0. The van der Waals surface area contributed by atoms with Crippen LogP contribution in [0.2, 0.25) is 5.28 Å². The van der Waals surface area contributed by atoms with Crippen molar-refractivity contribution in [1.82, 2.24) is 9.97 Å². The Morgan fingerprint density at radius 3 is 2.44 bits per heavy atom. The summed E-state index contributed by atoms with van der Waals surface area (Å²) >= 11 is 5.85. The van der Waals surface area contributed by atoms with Crippen molar-refractivity contribution in [1.29, 1.82) is 0 Å². The Morgan fingerprint density at radius 1 is 1.00 bits per heavy atom. The highest BCUT2D eigenvalue weighted by atomic mass is 35.5. The quantitative estimate of drug-likeness (QED) is 0.652. The molecule has 1 aliphatic heterocycles. The second-order valence-corrected chi connectivity index (χ2v) is 5.97. The first-order valence-corrected chi connectivity index (χ1v) is 8.20. The smallest absolute Gasteiger partial charge is 0.416 e. The van der Waals surface area contributed by atoms with E-state index in [2.05, 4.69) is 22.1 Å². The summed E-state index contributed by atoms with van der Waals surface area (Å²) < 4.78 is 5.23. The Bertz CT molecular complexity index is 900. The Labute approximate surface area is 149 Å². The number of ether oxygens (including phenoxy) is 1. The molecule has 1 aromatic heterocycles. The van der Waals surface area contributed by atoms with E-state index in [1.807, 2.05) is 42.5 Å². The number of carbonyl (C=O) groups is 1. The van der Waals surface area contributed by atoms with Gasteiger partial charge in [0, 0.05) is 6.20 Å². The van der Waals surface area contributed by atoms with Gasteiger partial charge in [-0.05, 0) is 34.4 Å². The lowest BCUT2D eigenvalue weighted by molar-refractivity contribution is 0.179. The third-order valence-electron chi connectivity index (χ3n) is 4.13. The standard InChI is InChI=1S/C19H14ClN3O2/c20-18-21-11-10-17(22-18)23-16(12-25-19(23)24)15-8-6-14(7-9-15)13-4-2-1-3-5-13/h1-11,16H,12H2/t16-/m1/s1. The Kier molecular flexibility index (Phi) is 4.07. The number of rotatable bonds is 3. The van der Waals surface area contributed by atoms with Crippen LogP contribution in [0.3, 0.4) is 0 Å². The predicted molar refractivity (Wildman–Crippen MR) is 95.5 cm³/mol. The molecule has 1 fully saturated rings. The third kappa shape index (κ3) is 3.06. The first-order chi connectivity index (χ1) is 12.2. The summed E-state index contributed by atoms with van der Waals surface area (Å²) in [5, 5.41) is 0.0929. The minimum Gasteiger partial charge on any atom is -0.447 e. The highest BCUT2D eigenvalue weighted by Gasteiger charge is 2.36. The first kappa shape index (κ1) is 15.6. The molecule has 0 radical (unpaired) electrons. The molecule has 1 saturated heterocycles. The average molecular weight is 352 g/mol. The molecule has 1 atom stereocenters. The SMILES string of the molecule is O=C1OC[C@H](c2ccc(-c3ccccc3)cc2)N1c1ccnc(Cl)n1. The van der Waals surface area contributed by atoms with E-state index in [-0.39, 0.29) is 17.9 Å². The molecule has 0 saturated carbocycles. The fourth-order valence-corrected chi connectivity index (χ4v) is 3.05. The summed E-state index contributed by atoms with van der Waals surface area (Å²) in [4.78, 5) is 21.6. The predicted octanol–water partition coefficient (Wildman–Crippen LogP) is 4.49. The second-order valence-electron chi connectivity index (χ2n) is 5.63. The largest absolute Gasteiger partial charge is 0.447 e. The van der Waals surface area contributed by atoms with Gasteiger partial charge >= 0.3 is 6.09 Å². The van der Waals surface area contributed by atoms with Crippen LogP contribution in [0, 0.1) is 0 Å². The van der Waals surface area contributed by atoms with Crippen molar-refractivity contribution in [2.24, 2.45) is 0 Å². The number of halogens is 1. The minimum atomic E-state index is -0.438. The van der Waals surface area contributed by atoms with Crippen LogP contribution in [0.4, 0.5) is 10.6 Å². The van der Waals surface area contributed by atoms with Crippen LogP contribution in [-0.2, 0) is 4.74 Å². The number of cyclic esters (lactones) is 1. The highest BCUT2D eigenvalue weighted by molar-refractivity contribution is 6.28. The number of aromatic nitrogens is 2. The van der Waals surface area contributed by atoms with Gasteiger partial charge in [-0.2, -0.15) is 0 Å². The molecule has 0 spiro atoms. The van der Waals surface area contributed by atoms with Crippen molar-refractivity contribution in [2.45, 2.75) is 6.04 Å². The van der Waals surface area contributed by atoms with Gasteiger partial charge in [-0.15, -0.1) is 0 Å². The monoisotopic (exact) mass is 351 g/mol. The molecule has 3 aromatic rings. The van der Waals surface area contributed by atoms with Gasteiger partial charge < -0.3 is 4.74 Å². The van der Waals surface area contributed by atoms with Crippen LogP contribution in [-0.4, -0.2) is 22.7 Å². The molecular formula is C19H14ClN3O2. The van der Waals surface area contributed by atoms with Gasteiger partial charge in [0.15, 0.2) is 0 Å². The van der Waals surface area contributed by atoms with Gasteiger partial charge in [0.25, 0.3) is 0 Å². The molecule has 2 aromatic carbocycles. The van der Waals surface area contributed by atoms with Crippen molar-refractivity contribution in [2.75, 3.05) is 11.5 Å². The molecule has 4 rings (SSSR count). The summed E-state index contributed by atoms with van der Waals surface area (Å²) in [6.07, 6.45) is 1.08. The molecule has 124 valence electrons. The van der Waals surface area contributed by atoms with E-state index in [4.69, 9.17) is 16.3 Å². The lowest BCUT2D eigenvalue weighted by Crippen LogP contribution is -2.28.